The third-order valence-corrected chi connectivity index (χ3v) is 3.10. The van der Waals surface area contributed by atoms with Gasteiger partial charge in [0.15, 0.2) is 0 Å². The van der Waals surface area contributed by atoms with Crippen molar-refractivity contribution >= 4 is 5.91 Å². The molecule has 2 rings (SSSR count). The Kier molecular flexibility index (Phi) is 4.31. The van der Waals surface area contributed by atoms with E-state index in [0.29, 0.717) is 12.6 Å². The Balaban J connectivity index is 1.66. The summed E-state index contributed by atoms with van der Waals surface area (Å²) in [5, 5.41) is 6.02. The normalized spacial score (nSPS) is 14.6. The molecule has 0 spiro atoms. The Morgan fingerprint density at radius 2 is 2.22 bits per heavy atom. The molecule has 1 aliphatic carbocycles. The molecule has 0 atom stereocenters. The topological polar surface area (TPSA) is 41.1 Å². The summed E-state index contributed by atoms with van der Waals surface area (Å²) in [4.78, 5) is 11.4. The maximum absolute atomic E-state index is 12.9. The van der Waals surface area contributed by atoms with Crippen molar-refractivity contribution in [3.63, 3.8) is 0 Å². The van der Waals surface area contributed by atoms with Crippen LogP contribution < -0.4 is 10.6 Å². The average Bonchev–Trinajstić information content (AvgIpc) is 3.10. The molecule has 0 radical (unpaired) electrons. The molecule has 1 aromatic carbocycles. The van der Waals surface area contributed by atoms with Gasteiger partial charge in [-0.2, -0.15) is 0 Å². The summed E-state index contributed by atoms with van der Waals surface area (Å²) >= 11 is 0. The van der Waals surface area contributed by atoms with Gasteiger partial charge in [0.1, 0.15) is 5.82 Å². The molecule has 1 aromatic rings. The Morgan fingerprint density at radius 1 is 1.44 bits per heavy atom. The van der Waals surface area contributed by atoms with Gasteiger partial charge >= 0.3 is 0 Å². The number of amides is 1. The quantitative estimate of drug-likeness (QED) is 0.752. The van der Waals surface area contributed by atoms with Gasteiger partial charge in [-0.1, -0.05) is 6.07 Å². The minimum atomic E-state index is -0.201. The molecular formula is C14H19FN2O. The molecule has 18 heavy (non-hydrogen) atoms. The highest BCUT2D eigenvalue weighted by molar-refractivity contribution is 5.78. The lowest BCUT2D eigenvalue weighted by molar-refractivity contribution is -0.120. The second-order valence-corrected chi connectivity index (χ2v) is 4.84. The number of hydrogen-bond acceptors (Lipinski definition) is 2. The summed E-state index contributed by atoms with van der Waals surface area (Å²) < 4.78 is 12.9. The van der Waals surface area contributed by atoms with Gasteiger partial charge in [0.2, 0.25) is 5.91 Å². The molecule has 1 amide bonds. The van der Waals surface area contributed by atoms with E-state index in [4.69, 9.17) is 0 Å². The highest BCUT2D eigenvalue weighted by atomic mass is 19.1. The van der Waals surface area contributed by atoms with Gasteiger partial charge in [0, 0.05) is 6.04 Å². The molecule has 0 heterocycles. The first-order chi connectivity index (χ1) is 8.65. The first-order valence-electron chi connectivity index (χ1n) is 6.40. The molecule has 98 valence electrons. The molecule has 0 saturated heterocycles. The lowest BCUT2D eigenvalue weighted by atomic mass is 10.1. The van der Waals surface area contributed by atoms with E-state index >= 15 is 0 Å². The highest BCUT2D eigenvalue weighted by Crippen LogP contribution is 2.18. The van der Waals surface area contributed by atoms with Crippen molar-refractivity contribution in [1.82, 2.24) is 10.6 Å². The number of halogens is 1. The number of carbonyl (C=O) groups excluding carboxylic acids is 1. The van der Waals surface area contributed by atoms with Crippen molar-refractivity contribution in [2.24, 2.45) is 0 Å². The van der Waals surface area contributed by atoms with Crippen LogP contribution in [0.15, 0.2) is 18.2 Å². The van der Waals surface area contributed by atoms with E-state index in [1.54, 1.807) is 6.07 Å². The molecule has 0 aliphatic heterocycles. The van der Waals surface area contributed by atoms with Crippen LogP contribution in [0, 0.1) is 12.7 Å². The largest absolute Gasteiger partial charge is 0.352 e. The van der Waals surface area contributed by atoms with Gasteiger partial charge in [-0.15, -0.1) is 0 Å². The van der Waals surface area contributed by atoms with Crippen LogP contribution in [0.4, 0.5) is 4.39 Å². The molecule has 4 heteroatoms. The first kappa shape index (κ1) is 13.0. The van der Waals surface area contributed by atoms with Crippen LogP contribution in [0.5, 0.6) is 0 Å². The van der Waals surface area contributed by atoms with E-state index in [1.807, 2.05) is 6.92 Å². The Morgan fingerprint density at radius 3 is 2.89 bits per heavy atom. The van der Waals surface area contributed by atoms with Crippen LogP contribution in [0.2, 0.25) is 0 Å². The van der Waals surface area contributed by atoms with Gasteiger partial charge in [0.05, 0.1) is 6.54 Å². The van der Waals surface area contributed by atoms with Crippen molar-refractivity contribution in [3.05, 3.63) is 35.1 Å². The Hall–Kier alpha value is -1.42. The van der Waals surface area contributed by atoms with Crippen LogP contribution in [0.3, 0.4) is 0 Å². The van der Waals surface area contributed by atoms with Crippen molar-refractivity contribution in [3.8, 4) is 0 Å². The van der Waals surface area contributed by atoms with E-state index in [0.717, 1.165) is 36.9 Å². The van der Waals surface area contributed by atoms with E-state index < -0.39 is 0 Å². The number of benzene rings is 1. The number of hydrogen-bond donors (Lipinski definition) is 2. The van der Waals surface area contributed by atoms with Gasteiger partial charge in [-0.3, -0.25) is 4.79 Å². The zero-order chi connectivity index (χ0) is 13.0. The van der Waals surface area contributed by atoms with Crippen molar-refractivity contribution in [2.45, 2.75) is 32.2 Å². The molecule has 1 aliphatic rings. The molecule has 1 fully saturated rings. The maximum Gasteiger partial charge on any atom is 0.234 e. The molecule has 0 aromatic heterocycles. The third-order valence-electron chi connectivity index (χ3n) is 3.10. The maximum atomic E-state index is 12.9. The lowest BCUT2D eigenvalue weighted by Crippen LogP contribution is -2.35. The molecule has 1 saturated carbocycles. The highest BCUT2D eigenvalue weighted by Gasteiger charge is 2.22. The van der Waals surface area contributed by atoms with Gasteiger partial charge < -0.3 is 10.6 Å². The minimum Gasteiger partial charge on any atom is -0.352 e. The molecule has 3 nitrogen and oxygen atoms in total. The predicted octanol–water partition coefficient (Wildman–Crippen LogP) is 1.54. The summed E-state index contributed by atoms with van der Waals surface area (Å²) in [6, 6.07) is 5.23. The van der Waals surface area contributed by atoms with Crippen LogP contribution >= 0.6 is 0 Å². The number of aryl methyl sites for hydroxylation is 1. The standard InChI is InChI=1S/C14H19FN2O/c1-10-8-12(15)3-2-11(10)6-7-16-9-14(18)17-13-4-5-13/h2-3,8,13,16H,4-7,9H2,1H3,(H,17,18). The van der Waals surface area contributed by atoms with Crippen molar-refractivity contribution in [2.75, 3.05) is 13.1 Å². The summed E-state index contributed by atoms with van der Waals surface area (Å²) in [7, 11) is 0. The number of carbonyl (C=O) groups is 1. The third kappa shape index (κ3) is 4.11. The summed E-state index contributed by atoms with van der Waals surface area (Å²) in [5.41, 5.74) is 2.07. The molecule has 2 N–H and O–H groups in total. The monoisotopic (exact) mass is 250 g/mol. The lowest BCUT2D eigenvalue weighted by Gasteiger charge is -2.08. The fourth-order valence-electron chi connectivity index (χ4n) is 1.87. The summed E-state index contributed by atoms with van der Waals surface area (Å²) in [6.07, 6.45) is 3.03. The SMILES string of the molecule is Cc1cc(F)ccc1CCNCC(=O)NC1CC1. The van der Waals surface area contributed by atoms with E-state index in [9.17, 15) is 9.18 Å². The smallest absolute Gasteiger partial charge is 0.234 e. The second kappa shape index (κ2) is 5.96. The van der Waals surface area contributed by atoms with Crippen LogP contribution in [0.25, 0.3) is 0 Å². The average molecular weight is 250 g/mol. The number of rotatable bonds is 6. The van der Waals surface area contributed by atoms with Gasteiger partial charge in [0.25, 0.3) is 0 Å². The fourth-order valence-corrected chi connectivity index (χ4v) is 1.87. The first-order valence-corrected chi connectivity index (χ1v) is 6.40. The van der Waals surface area contributed by atoms with E-state index in [-0.39, 0.29) is 11.7 Å². The predicted molar refractivity (Wildman–Crippen MR) is 68.9 cm³/mol. The van der Waals surface area contributed by atoms with Crippen molar-refractivity contribution in [1.29, 1.82) is 0 Å². The number of nitrogens with one attached hydrogen (secondary N) is 2. The summed E-state index contributed by atoms with van der Waals surface area (Å²) in [6.45, 7) is 2.99. The van der Waals surface area contributed by atoms with E-state index in [2.05, 4.69) is 10.6 Å². The zero-order valence-corrected chi connectivity index (χ0v) is 10.6. The minimum absolute atomic E-state index is 0.0633. The Labute approximate surface area is 107 Å². The van der Waals surface area contributed by atoms with E-state index in [1.165, 1.54) is 12.1 Å². The van der Waals surface area contributed by atoms with Crippen LogP contribution in [0.1, 0.15) is 24.0 Å². The Bertz CT molecular complexity index is 430. The van der Waals surface area contributed by atoms with Crippen molar-refractivity contribution < 1.29 is 9.18 Å². The summed E-state index contributed by atoms with van der Waals surface area (Å²) in [5.74, 6) is -0.138. The molecule has 0 unspecified atom stereocenters. The van der Waals surface area contributed by atoms with Gasteiger partial charge in [-0.25, -0.2) is 4.39 Å². The fraction of sp³-hybridized carbons (Fsp3) is 0.500. The van der Waals surface area contributed by atoms with Crippen LogP contribution in [-0.4, -0.2) is 25.0 Å². The molecule has 0 bridgehead atoms. The zero-order valence-electron chi connectivity index (χ0n) is 10.6. The van der Waals surface area contributed by atoms with Gasteiger partial charge in [-0.05, 0) is 56.0 Å². The molecular weight excluding hydrogens is 231 g/mol. The van der Waals surface area contributed by atoms with Crippen LogP contribution in [-0.2, 0) is 11.2 Å². The second-order valence-electron chi connectivity index (χ2n) is 4.84.